The first-order valence-corrected chi connectivity index (χ1v) is 11.8. The molecule has 0 radical (unpaired) electrons. The van der Waals surface area contributed by atoms with Crippen molar-refractivity contribution in [1.82, 2.24) is 9.97 Å². The Labute approximate surface area is 182 Å². The van der Waals surface area contributed by atoms with Crippen LogP contribution in [0.25, 0.3) is 52.4 Å². The van der Waals surface area contributed by atoms with E-state index in [0.717, 1.165) is 16.1 Å². The lowest BCUT2D eigenvalue weighted by atomic mass is 9.82. The lowest BCUT2D eigenvalue weighted by molar-refractivity contribution is 0.596. The molecule has 3 aromatic heterocycles. The molecule has 0 N–H and O–H groups in total. The fraction of sp³-hybridized carbons (Fsp3) is 0.154. The average molecular weight is 425 g/mol. The third-order valence-electron chi connectivity index (χ3n) is 5.79. The summed E-state index contributed by atoms with van der Waals surface area (Å²) >= 11 is 3.55. The molecule has 0 aliphatic carbocycles. The normalized spacial score (nSPS) is 12.5. The number of hydrogen-bond donors (Lipinski definition) is 0. The summed E-state index contributed by atoms with van der Waals surface area (Å²) in [6, 6.07) is 20.1. The lowest BCUT2D eigenvalue weighted by Crippen LogP contribution is -2.12. The summed E-state index contributed by atoms with van der Waals surface area (Å²) in [5, 5.41) is 8.44. The molecule has 0 saturated heterocycles. The second-order valence-corrected chi connectivity index (χ2v) is 10.8. The zero-order chi connectivity index (χ0) is 20.5. The van der Waals surface area contributed by atoms with E-state index < -0.39 is 0 Å². The highest BCUT2D eigenvalue weighted by atomic mass is 32.1. The van der Waals surface area contributed by atoms with E-state index in [0.29, 0.717) is 0 Å². The van der Waals surface area contributed by atoms with Crippen molar-refractivity contribution in [2.45, 2.75) is 26.2 Å². The van der Waals surface area contributed by atoms with Crippen molar-refractivity contribution >= 4 is 63.8 Å². The summed E-state index contributed by atoms with van der Waals surface area (Å²) in [5.74, 6) is 0. The Morgan fingerprint density at radius 2 is 1.67 bits per heavy atom. The van der Waals surface area contributed by atoms with E-state index in [1.165, 1.54) is 41.9 Å². The van der Waals surface area contributed by atoms with Crippen LogP contribution < -0.4 is 0 Å². The summed E-state index contributed by atoms with van der Waals surface area (Å²) in [5.41, 5.74) is 3.58. The third-order valence-corrected chi connectivity index (χ3v) is 7.73. The number of rotatable bonds is 1. The number of fused-ring (bicyclic) bond motifs is 5. The zero-order valence-electron chi connectivity index (χ0n) is 17.1. The van der Waals surface area contributed by atoms with E-state index in [-0.39, 0.29) is 5.41 Å². The monoisotopic (exact) mass is 424 g/mol. The van der Waals surface area contributed by atoms with Crippen molar-refractivity contribution in [3.63, 3.8) is 0 Å². The van der Waals surface area contributed by atoms with Crippen molar-refractivity contribution in [3.05, 3.63) is 71.9 Å². The largest absolute Gasteiger partial charge is 0.236 e. The molecule has 3 aromatic carbocycles. The number of nitrogens with zero attached hydrogens (tertiary/aromatic N) is 2. The van der Waals surface area contributed by atoms with Gasteiger partial charge in [-0.15, -0.1) is 22.7 Å². The maximum Gasteiger partial charge on any atom is 0.128 e. The Balaban J connectivity index is 1.72. The van der Waals surface area contributed by atoms with Gasteiger partial charge in [0.2, 0.25) is 0 Å². The molecule has 0 saturated carbocycles. The molecule has 6 aromatic rings. The van der Waals surface area contributed by atoms with Crippen molar-refractivity contribution < 1.29 is 0 Å². The minimum Gasteiger partial charge on any atom is -0.236 e. The Morgan fingerprint density at radius 1 is 0.800 bits per heavy atom. The summed E-state index contributed by atoms with van der Waals surface area (Å²) in [4.78, 5) is 10.5. The van der Waals surface area contributed by atoms with Gasteiger partial charge in [0, 0.05) is 25.7 Å². The fourth-order valence-electron chi connectivity index (χ4n) is 4.35. The molecule has 0 atom stereocenters. The van der Waals surface area contributed by atoms with Crippen molar-refractivity contribution in [1.29, 1.82) is 0 Å². The zero-order valence-corrected chi connectivity index (χ0v) is 18.7. The molecule has 0 fully saturated rings. The number of hydrogen-bond acceptors (Lipinski definition) is 4. The van der Waals surface area contributed by atoms with Gasteiger partial charge in [0.25, 0.3) is 0 Å². The van der Waals surface area contributed by atoms with E-state index in [1.54, 1.807) is 29.0 Å². The van der Waals surface area contributed by atoms with Crippen LogP contribution in [0.4, 0.5) is 0 Å². The summed E-state index contributed by atoms with van der Waals surface area (Å²) in [6.07, 6.45) is 1.71. The topological polar surface area (TPSA) is 25.8 Å². The second-order valence-electron chi connectivity index (χ2n) is 8.81. The van der Waals surface area contributed by atoms with E-state index in [1.807, 2.05) is 0 Å². The van der Waals surface area contributed by atoms with E-state index in [2.05, 4.69) is 85.7 Å². The van der Waals surface area contributed by atoms with Crippen molar-refractivity contribution in [2.24, 2.45) is 0 Å². The highest BCUT2D eigenvalue weighted by Crippen LogP contribution is 2.42. The summed E-state index contributed by atoms with van der Waals surface area (Å²) < 4.78 is 2.60. The molecule has 6 rings (SSSR count). The van der Waals surface area contributed by atoms with Crippen molar-refractivity contribution in [2.75, 3.05) is 0 Å². The van der Waals surface area contributed by atoms with Gasteiger partial charge < -0.3 is 0 Å². The average Bonchev–Trinajstić information content (AvgIpc) is 3.33. The molecule has 2 nitrogen and oxygen atoms in total. The summed E-state index contributed by atoms with van der Waals surface area (Å²) in [7, 11) is 0. The highest BCUT2D eigenvalue weighted by Gasteiger charge is 2.20. The van der Waals surface area contributed by atoms with E-state index in [9.17, 15) is 0 Å². The maximum atomic E-state index is 4.80. The second kappa shape index (κ2) is 6.34. The molecule has 0 bridgehead atoms. The molecular weight excluding hydrogens is 404 g/mol. The van der Waals surface area contributed by atoms with E-state index >= 15 is 0 Å². The van der Waals surface area contributed by atoms with Crippen LogP contribution in [0.15, 0.2) is 66.3 Å². The van der Waals surface area contributed by atoms with Crippen LogP contribution in [0, 0.1) is 0 Å². The van der Waals surface area contributed by atoms with Crippen LogP contribution in [0.5, 0.6) is 0 Å². The van der Waals surface area contributed by atoms with E-state index in [4.69, 9.17) is 4.98 Å². The van der Waals surface area contributed by atoms with Gasteiger partial charge >= 0.3 is 0 Å². The molecule has 0 aliphatic rings. The molecule has 3 heterocycles. The van der Waals surface area contributed by atoms with Gasteiger partial charge in [-0.3, -0.25) is 0 Å². The van der Waals surface area contributed by atoms with Crippen LogP contribution in [-0.2, 0) is 5.41 Å². The Kier molecular flexibility index (Phi) is 3.80. The molecule has 0 aliphatic heterocycles. The predicted molar refractivity (Wildman–Crippen MR) is 132 cm³/mol. The maximum absolute atomic E-state index is 4.80. The minimum atomic E-state index is 0.0430. The molecule has 0 unspecified atom stereocenters. The summed E-state index contributed by atoms with van der Waals surface area (Å²) in [6.45, 7) is 6.84. The number of thiophene rings is 2. The van der Waals surface area contributed by atoms with Gasteiger partial charge in [0.15, 0.2) is 0 Å². The molecular formula is C26H20N2S2. The third kappa shape index (κ3) is 2.68. The van der Waals surface area contributed by atoms with Crippen molar-refractivity contribution in [3.8, 4) is 11.3 Å². The number of benzene rings is 3. The van der Waals surface area contributed by atoms with Crippen LogP contribution in [0.3, 0.4) is 0 Å². The van der Waals surface area contributed by atoms with Gasteiger partial charge in [-0.1, -0.05) is 45.0 Å². The first kappa shape index (κ1) is 18.0. The molecule has 30 heavy (non-hydrogen) atoms. The van der Waals surface area contributed by atoms with Gasteiger partial charge in [0.1, 0.15) is 11.2 Å². The molecule has 4 heteroatoms. The van der Waals surface area contributed by atoms with Crippen LogP contribution in [0.1, 0.15) is 26.3 Å². The fourth-order valence-corrected chi connectivity index (χ4v) is 6.30. The van der Waals surface area contributed by atoms with Crippen LogP contribution >= 0.6 is 22.7 Å². The van der Waals surface area contributed by atoms with Crippen LogP contribution in [0.2, 0.25) is 0 Å². The first-order chi connectivity index (χ1) is 14.5. The number of aromatic nitrogens is 2. The van der Waals surface area contributed by atoms with Gasteiger partial charge in [-0.2, -0.15) is 0 Å². The Hall–Kier alpha value is -2.82. The molecule has 0 amide bonds. The Bertz CT molecular complexity index is 1580. The minimum absolute atomic E-state index is 0.0430. The lowest BCUT2D eigenvalue weighted by Gasteiger charge is -2.22. The van der Waals surface area contributed by atoms with Crippen LogP contribution in [-0.4, -0.2) is 9.97 Å². The molecule has 146 valence electrons. The smallest absolute Gasteiger partial charge is 0.128 e. The van der Waals surface area contributed by atoms with Gasteiger partial charge in [0.05, 0.1) is 5.69 Å². The predicted octanol–water partition coefficient (Wildman–Crippen LogP) is 8.18. The van der Waals surface area contributed by atoms with Gasteiger partial charge in [-0.05, 0) is 62.8 Å². The first-order valence-electron chi connectivity index (χ1n) is 10.1. The quantitative estimate of drug-likeness (QED) is 0.266. The molecule has 0 spiro atoms. The Morgan fingerprint density at radius 3 is 2.53 bits per heavy atom. The standard InChI is InChI=1S/C26H20N2S2/c1-26(2,3)20-12-17(10-15-6-4-5-7-18(15)20)24-23-19-11-16-8-9-29-21(16)13-22(19)30-25(23)28-14-27-24/h4-14H,1-3H3. The highest BCUT2D eigenvalue weighted by molar-refractivity contribution is 7.26. The SMILES string of the molecule is CC(C)(C)c1cc(-c2ncnc3sc4cc5sccc5cc4c23)cc2ccccc12. The van der Waals surface area contributed by atoms with Gasteiger partial charge in [-0.25, -0.2) is 9.97 Å².